The first kappa shape index (κ1) is 36.4. The van der Waals surface area contributed by atoms with Gasteiger partial charge < -0.3 is 10.2 Å². The summed E-state index contributed by atoms with van der Waals surface area (Å²) in [7, 11) is 0. The van der Waals surface area contributed by atoms with E-state index in [2.05, 4.69) is 81.6 Å². The van der Waals surface area contributed by atoms with E-state index < -0.39 is 0 Å². The summed E-state index contributed by atoms with van der Waals surface area (Å²) < 4.78 is 1.67. The monoisotopic (exact) mass is 618 g/mol. The Morgan fingerprint density at radius 2 is 1.56 bits per heavy atom. The molecule has 250 valence electrons. The van der Waals surface area contributed by atoms with Crippen molar-refractivity contribution in [3.63, 3.8) is 0 Å². The molecule has 0 bridgehead atoms. The van der Waals surface area contributed by atoms with E-state index in [9.17, 15) is 4.79 Å². The number of rotatable bonds is 22. The Kier molecular flexibility index (Phi) is 15.3. The van der Waals surface area contributed by atoms with Crippen LogP contribution in [0.1, 0.15) is 160 Å². The number of nitrogens with zero attached hydrogens (tertiary/aromatic N) is 3. The highest BCUT2D eigenvalue weighted by Gasteiger charge is 2.24. The van der Waals surface area contributed by atoms with Crippen LogP contribution in [0, 0.1) is 6.92 Å². The van der Waals surface area contributed by atoms with Gasteiger partial charge in [0.15, 0.2) is 5.65 Å². The van der Waals surface area contributed by atoms with E-state index >= 15 is 0 Å². The Labute approximate surface area is 274 Å². The molecule has 0 saturated carbocycles. The zero-order valence-electron chi connectivity index (χ0n) is 29.8. The molecule has 2 heterocycles. The molecular formula is C39H63N5O. The Hall–Kier alpha value is -3.02. The van der Waals surface area contributed by atoms with E-state index in [0.717, 1.165) is 91.1 Å². The Balaban J connectivity index is 1.94. The quantitative estimate of drug-likeness (QED) is 0.110. The minimum atomic E-state index is 0.0463. The molecule has 1 unspecified atom stereocenters. The van der Waals surface area contributed by atoms with Gasteiger partial charge in [0.2, 0.25) is 0 Å². The fourth-order valence-corrected chi connectivity index (χ4v) is 6.61. The number of unbranched alkanes of at least 4 members (excludes halogenated alkanes) is 10. The van der Waals surface area contributed by atoms with Crippen molar-refractivity contribution < 1.29 is 0 Å². The summed E-state index contributed by atoms with van der Waals surface area (Å²) in [5.41, 5.74) is 8.54. The topological polar surface area (TPSA) is 65.4 Å². The van der Waals surface area contributed by atoms with Gasteiger partial charge >= 0.3 is 0 Å². The average Bonchev–Trinajstić information content (AvgIpc) is 3.40. The summed E-state index contributed by atoms with van der Waals surface area (Å²) in [5, 5.41) is 7.07. The smallest absolute Gasteiger partial charge is 0.276 e. The van der Waals surface area contributed by atoms with Gasteiger partial charge in [-0.3, -0.25) is 9.89 Å². The highest BCUT2D eigenvalue weighted by Crippen LogP contribution is 2.34. The summed E-state index contributed by atoms with van der Waals surface area (Å²) in [6, 6.07) is 6.55. The molecule has 2 aromatic heterocycles. The predicted molar refractivity (Wildman–Crippen MR) is 197 cm³/mol. The first-order valence-corrected chi connectivity index (χ1v) is 18.3. The molecule has 0 radical (unpaired) electrons. The van der Waals surface area contributed by atoms with Gasteiger partial charge in [-0.15, -0.1) is 0 Å². The summed E-state index contributed by atoms with van der Waals surface area (Å²) in [4.78, 5) is 22.0. The van der Waals surface area contributed by atoms with Crippen LogP contribution in [-0.2, 0) is 6.42 Å². The maximum atomic E-state index is 14.3. The lowest BCUT2D eigenvalue weighted by Crippen LogP contribution is -2.24. The van der Waals surface area contributed by atoms with Crippen LogP contribution in [0.3, 0.4) is 0 Å². The maximum Gasteiger partial charge on any atom is 0.276 e. The molecule has 0 aliphatic rings. The summed E-state index contributed by atoms with van der Waals surface area (Å²) in [6.07, 6.45) is 18.0. The van der Waals surface area contributed by atoms with E-state index in [0.29, 0.717) is 5.65 Å². The van der Waals surface area contributed by atoms with E-state index in [1.54, 1.807) is 4.52 Å². The molecule has 0 amide bonds. The Morgan fingerprint density at radius 1 is 0.933 bits per heavy atom. The molecule has 0 aliphatic carbocycles. The number of nitrogens with one attached hydrogen (secondary N) is 2. The molecule has 1 atom stereocenters. The molecule has 0 spiro atoms. The second-order valence-corrected chi connectivity index (χ2v) is 13.1. The van der Waals surface area contributed by atoms with Crippen molar-refractivity contribution >= 4 is 28.3 Å². The molecule has 2 N–H and O–H groups in total. The lowest BCUT2D eigenvalue weighted by Gasteiger charge is -2.22. The van der Waals surface area contributed by atoms with Crippen molar-refractivity contribution in [1.29, 1.82) is 0 Å². The third-order valence-corrected chi connectivity index (χ3v) is 9.50. The molecule has 0 fully saturated rings. The SMILES string of the molecule is C=C(C)c1[nH]n2c(=O)c(CCCCCCCCCCCC)c(C(CC)CCCC)nc2c1Nc1ccc(N(CC)CC)cc1C. The third-order valence-electron chi connectivity index (χ3n) is 9.50. The molecule has 6 nitrogen and oxygen atoms in total. The standard InChI is InChI=1S/C39H63N5O/c1-9-14-16-17-18-19-20-21-22-23-25-33-36(31(11-3)24-15-10-2)41-38-37(35(29(6)7)42-44(38)39(33)45)40-34-27-26-32(28-30(34)8)43(12-4)13-5/h26-28,31,40,42H,6,9-25H2,1-5,7-8H3. The molecule has 0 aliphatic heterocycles. The van der Waals surface area contributed by atoms with Crippen molar-refractivity contribution in [3.05, 3.63) is 57.6 Å². The fourth-order valence-electron chi connectivity index (χ4n) is 6.61. The van der Waals surface area contributed by atoms with Crippen LogP contribution in [0.2, 0.25) is 0 Å². The highest BCUT2D eigenvalue weighted by molar-refractivity contribution is 5.86. The first-order valence-electron chi connectivity index (χ1n) is 18.3. The number of benzene rings is 1. The minimum Gasteiger partial charge on any atom is -0.372 e. The van der Waals surface area contributed by atoms with Gasteiger partial charge in [-0.2, -0.15) is 4.52 Å². The van der Waals surface area contributed by atoms with Crippen molar-refractivity contribution in [1.82, 2.24) is 14.6 Å². The lowest BCUT2D eigenvalue weighted by atomic mass is 9.91. The van der Waals surface area contributed by atoms with Crippen LogP contribution in [0.25, 0.3) is 11.2 Å². The molecule has 3 aromatic rings. The molecule has 45 heavy (non-hydrogen) atoms. The van der Waals surface area contributed by atoms with Crippen molar-refractivity contribution in [3.8, 4) is 0 Å². The van der Waals surface area contributed by atoms with Crippen molar-refractivity contribution in [2.45, 2.75) is 151 Å². The molecular weight excluding hydrogens is 554 g/mol. The number of aromatic amines is 1. The largest absolute Gasteiger partial charge is 0.372 e. The third kappa shape index (κ3) is 9.73. The molecule has 1 aromatic carbocycles. The van der Waals surface area contributed by atoms with E-state index in [1.807, 2.05) is 6.92 Å². The highest BCUT2D eigenvalue weighted by atomic mass is 16.1. The fraction of sp³-hybridized carbons (Fsp3) is 0.641. The number of allylic oxidation sites excluding steroid dienone is 1. The van der Waals surface area contributed by atoms with Gasteiger partial charge in [-0.1, -0.05) is 98.0 Å². The van der Waals surface area contributed by atoms with Crippen LogP contribution in [0.5, 0.6) is 0 Å². The lowest BCUT2D eigenvalue weighted by molar-refractivity contribution is 0.540. The van der Waals surface area contributed by atoms with Crippen molar-refractivity contribution in [2.24, 2.45) is 0 Å². The Morgan fingerprint density at radius 3 is 2.11 bits per heavy atom. The summed E-state index contributed by atoms with van der Waals surface area (Å²) in [5.74, 6) is 0.284. The minimum absolute atomic E-state index is 0.0463. The van der Waals surface area contributed by atoms with Crippen LogP contribution in [0.15, 0.2) is 29.6 Å². The number of H-pyrrole nitrogens is 1. The number of anilines is 3. The van der Waals surface area contributed by atoms with Gasteiger partial charge in [0.25, 0.3) is 5.56 Å². The van der Waals surface area contributed by atoms with E-state index in [1.165, 1.54) is 63.5 Å². The number of hydrogen-bond acceptors (Lipinski definition) is 4. The zero-order chi connectivity index (χ0) is 32.8. The second kappa shape index (κ2) is 18.8. The van der Waals surface area contributed by atoms with Gasteiger partial charge in [-0.25, -0.2) is 4.98 Å². The van der Waals surface area contributed by atoms with Crippen LogP contribution < -0.4 is 15.8 Å². The number of fused-ring (bicyclic) bond motifs is 1. The van der Waals surface area contributed by atoms with E-state index in [-0.39, 0.29) is 11.5 Å². The van der Waals surface area contributed by atoms with Crippen LogP contribution in [-0.4, -0.2) is 27.7 Å². The number of aromatic nitrogens is 3. The van der Waals surface area contributed by atoms with Crippen molar-refractivity contribution in [2.75, 3.05) is 23.3 Å². The molecule has 3 rings (SSSR count). The second-order valence-electron chi connectivity index (χ2n) is 13.1. The summed E-state index contributed by atoms with van der Waals surface area (Å²) in [6.45, 7) is 21.4. The van der Waals surface area contributed by atoms with Gasteiger partial charge in [0.05, 0.1) is 11.4 Å². The van der Waals surface area contributed by atoms with Gasteiger partial charge in [-0.05, 0) is 82.7 Å². The molecule has 0 saturated heterocycles. The maximum absolute atomic E-state index is 14.3. The van der Waals surface area contributed by atoms with Gasteiger partial charge in [0.1, 0.15) is 5.69 Å². The molecule has 6 heteroatoms. The average molecular weight is 618 g/mol. The first-order chi connectivity index (χ1) is 21.8. The number of hydrogen-bond donors (Lipinski definition) is 2. The van der Waals surface area contributed by atoms with E-state index in [4.69, 9.17) is 4.98 Å². The van der Waals surface area contributed by atoms with Gasteiger partial charge in [0, 0.05) is 35.9 Å². The van der Waals surface area contributed by atoms with Crippen LogP contribution in [0.4, 0.5) is 17.1 Å². The van der Waals surface area contributed by atoms with Crippen LogP contribution >= 0.6 is 0 Å². The normalized spacial score (nSPS) is 12.2. The number of aryl methyl sites for hydroxylation is 1. The summed E-state index contributed by atoms with van der Waals surface area (Å²) >= 11 is 0. The zero-order valence-corrected chi connectivity index (χ0v) is 29.8. The predicted octanol–water partition coefficient (Wildman–Crippen LogP) is 11.1. The Bertz CT molecular complexity index is 1400.